The smallest absolute Gasteiger partial charge is 0.278 e. The van der Waals surface area contributed by atoms with Gasteiger partial charge in [0, 0.05) is 35.9 Å². The Balaban J connectivity index is 1.66. The lowest BCUT2D eigenvalue weighted by molar-refractivity contribution is -0.138. The molecule has 0 bridgehead atoms. The van der Waals surface area contributed by atoms with E-state index in [1.54, 1.807) is 19.5 Å². The Morgan fingerprint density at radius 1 is 1.03 bits per heavy atom. The van der Waals surface area contributed by atoms with E-state index in [9.17, 15) is 9.59 Å². The highest BCUT2D eigenvalue weighted by Crippen LogP contribution is 2.35. The Labute approximate surface area is 191 Å². The largest absolute Gasteiger partial charge is 0.496 e. The molecule has 1 aliphatic rings. The number of hydrogen-bond acceptors (Lipinski definition) is 6. The number of para-hydroxylation sites is 1. The van der Waals surface area contributed by atoms with E-state index in [0.29, 0.717) is 30.1 Å². The molecule has 1 aromatic carbocycles. The van der Waals surface area contributed by atoms with Crippen molar-refractivity contribution in [1.29, 1.82) is 0 Å². The SMILES string of the molecule is CCN(CCc1ccncc1)C1=C(c2cccs2)C(=O)N(Cc2ccccc2OC)C1=O. The van der Waals surface area contributed by atoms with Crippen LogP contribution in [-0.4, -0.2) is 46.8 Å². The number of likely N-dealkylation sites (N-methyl/N-ethyl adjacent to an activating group) is 1. The number of ether oxygens (including phenoxy) is 1. The van der Waals surface area contributed by atoms with Crippen LogP contribution in [0.2, 0.25) is 0 Å². The molecule has 0 unspecified atom stereocenters. The Hall–Kier alpha value is -3.45. The van der Waals surface area contributed by atoms with Crippen molar-refractivity contribution in [2.45, 2.75) is 19.9 Å². The zero-order valence-electron chi connectivity index (χ0n) is 18.2. The number of nitrogens with zero attached hydrogens (tertiary/aromatic N) is 3. The molecule has 0 fully saturated rings. The van der Waals surface area contributed by atoms with E-state index in [-0.39, 0.29) is 18.4 Å². The summed E-state index contributed by atoms with van der Waals surface area (Å²) in [6.45, 7) is 3.43. The Morgan fingerprint density at radius 3 is 2.50 bits per heavy atom. The summed E-state index contributed by atoms with van der Waals surface area (Å²) in [5, 5.41) is 1.92. The molecule has 2 amide bonds. The number of amides is 2. The van der Waals surface area contributed by atoms with Crippen LogP contribution in [0.25, 0.3) is 5.57 Å². The molecule has 1 aliphatic heterocycles. The summed E-state index contributed by atoms with van der Waals surface area (Å²) in [4.78, 5) is 35.3. The highest BCUT2D eigenvalue weighted by Gasteiger charge is 2.41. The van der Waals surface area contributed by atoms with Crippen LogP contribution < -0.4 is 4.74 Å². The quantitative estimate of drug-likeness (QED) is 0.464. The van der Waals surface area contributed by atoms with Crippen LogP contribution in [0.15, 0.2) is 72.0 Å². The second kappa shape index (κ2) is 9.78. The summed E-state index contributed by atoms with van der Waals surface area (Å²) in [5.74, 6) is 0.130. The van der Waals surface area contributed by atoms with Crippen molar-refractivity contribution < 1.29 is 14.3 Å². The Bertz CT molecular complexity index is 1130. The minimum Gasteiger partial charge on any atom is -0.496 e. The molecule has 2 aromatic heterocycles. The molecule has 0 radical (unpaired) electrons. The minimum atomic E-state index is -0.263. The molecule has 7 heteroatoms. The summed E-state index contributed by atoms with van der Waals surface area (Å²) in [6.07, 6.45) is 4.29. The number of carbonyl (C=O) groups is 2. The third-order valence-corrected chi connectivity index (χ3v) is 6.44. The molecule has 0 spiro atoms. The minimum absolute atomic E-state index is 0.169. The Morgan fingerprint density at radius 2 is 1.81 bits per heavy atom. The summed E-state index contributed by atoms with van der Waals surface area (Å²) < 4.78 is 5.43. The maximum Gasteiger partial charge on any atom is 0.278 e. The van der Waals surface area contributed by atoms with Crippen LogP contribution in [0.4, 0.5) is 0 Å². The van der Waals surface area contributed by atoms with Crippen molar-refractivity contribution in [2.75, 3.05) is 20.2 Å². The molecule has 0 saturated heterocycles. The molecular formula is C25H25N3O3S. The second-order valence-corrected chi connectivity index (χ2v) is 8.34. The molecule has 3 heterocycles. The van der Waals surface area contributed by atoms with E-state index in [1.807, 2.05) is 65.7 Å². The number of benzene rings is 1. The van der Waals surface area contributed by atoms with E-state index in [1.165, 1.54) is 16.2 Å². The van der Waals surface area contributed by atoms with Gasteiger partial charge in [0.25, 0.3) is 11.8 Å². The van der Waals surface area contributed by atoms with Gasteiger partial charge in [-0.3, -0.25) is 19.5 Å². The highest BCUT2D eigenvalue weighted by atomic mass is 32.1. The summed E-state index contributed by atoms with van der Waals surface area (Å²) >= 11 is 1.47. The lowest BCUT2D eigenvalue weighted by Gasteiger charge is -2.25. The number of hydrogen-bond donors (Lipinski definition) is 0. The van der Waals surface area contributed by atoms with Gasteiger partial charge >= 0.3 is 0 Å². The third-order valence-electron chi connectivity index (χ3n) is 5.55. The lowest BCUT2D eigenvalue weighted by atomic mass is 10.1. The number of thiophene rings is 1. The lowest BCUT2D eigenvalue weighted by Crippen LogP contribution is -2.35. The maximum absolute atomic E-state index is 13.6. The van der Waals surface area contributed by atoms with Crippen LogP contribution in [0.1, 0.15) is 22.9 Å². The predicted octanol–water partition coefficient (Wildman–Crippen LogP) is 4.00. The fourth-order valence-corrected chi connectivity index (χ4v) is 4.65. The molecule has 32 heavy (non-hydrogen) atoms. The molecule has 164 valence electrons. The van der Waals surface area contributed by atoms with Crippen molar-refractivity contribution in [3.63, 3.8) is 0 Å². The van der Waals surface area contributed by atoms with E-state index in [4.69, 9.17) is 4.74 Å². The number of imide groups is 1. The first-order chi connectivity index (χ1) is 15.6. The molecule has 0 saturated carbocycles. The zero-order chi connectivity index (χ0) is 22.5. The van der Waals surface area contributed by atoms with Gasteiger partial charge in [-0.05, 0) is 48.6 Å². The molecule has 0 atom stereocenters. The van der Waals surface area contributed by atoms with Crippen molar-refractivity contribution in [2.24, 2.45) is 0 Å². The number of pyridine rings is 1. The number of rotatable bonds is 9. The average Bonchev–Trinajstić information content (AvgIpc) is 3.43. The topological polar surface area (TPSA) is 62.7 Å². The average molecular weight is 448 g/mol. The van der Waals surface area contributed by atoms with Gasteiger partial charge in [0.1, 0.15) is 11.4 Å². The zero-order valence-corrected chi connectivity index (χ0v) is 19.0. The molecule has 6 nitrogen and oxygen atoms in total. The summed E-state index contributed by atoms with van der Waals surface area (Å²) in [5.41, 5.74) is 2.89. The predicted molar refractivity (Wildman–Crippen MR) is 125 cm³/mol. The van der Waals surface area contributed by atoms with Crippen molar-refractivity contribution >= 4 is 28.7 Å². The van der Waals surface area contributed by atoms with E-state index in [0.717, 1.165) is 22.4 Å². The first kappa shape index (κ1) is 21.8. The fourth-order valence-electron chi connectivity index (χ4n) is 3.89. The van der Waals surface area contributed by atoms with Gasteiger partial charge in [0.05, 0.1) is 19.2 Å². The molecule has 0 aliphatic carbocycles. The van der Waals surface area contributed by atoms with Gasteiger partial charge < -0.3 is 9.64 Å². The number of methoxy groups -OCH3 is 1. The maximum atomic E-state index is 13.6. The fraction of sp³-hybridized carbons (Fsp3) is 0.240. The first-order valence-corrected chi connectivity index (χ1v) is 11.4. The van der Waals surface area contributed by atoms with Gasteiger partial charge in [-0.15, -0.1) is 11.3 Å². The summed E-state index contributed by atoms with van der Waals surface area (Å²) in [7, 11) is 1.59. The standard InChI is InChI=1S/C25H25N3O3S/c1-3-27(15-12-18-10-13-26-14-11-18)23-22(21-9-6-16-32-21)24(29)28(25(23)30)17-19-7-4-5-8-20(19)31-2/h4-11,13-14,16H,3,12,15,17H2,1-2H3. The van der Waals surface area contributed by atoms with Gasteiger partial charge in [0.15, 0.2) is 0 Å². The molecule has 0 N–H and O–H groups in total. The molecule has 3 aromatic rings. The van der Waals surface area contributed by atoms with Crippen LogP contribution in [0, 0.1) is 0 Å². The number of carbonyl (C=O) groups excluding carboxylic acids is 2. The van der Waals surface area contributed by atoms with Gasteiger partial charge in [-0.25, -0.2) is 0 Å². The first-order valence-electron chi connectivity index (χ1n) is 10.5. The third kappa shape index (κ3) is 4.29. The van der Waals surface area contributed by atoms with Crippen LogP contribution in [0.3, 0.4) is 0 Å². The van der Waals surface area contributed by atoms with Gasteiger partial charge in [0.2, 0.25) is 0 Å². The van der Waals surface area contributed by atoms with Gasteiger partial charge in [-0.2, -0.15) is 0 Å². The highest BCUT2D eigenvalue weighted by molar-refractivity contribution is 7.11. The molecular weight excluding hydrogens is 422 g/mol. The van der Waals surface area contributed by atoms with Crippen molar-refractivity contribution in [3.05, 3.63) is 88.0 Å². The molecule has 4 rings (SSSR count). The van der Waals surface area contributed by atoms with E-state index in [2.05, 4.69) is 4.98 Å². The van der Waals surface area contributed by atoms with Crippen molar-refractivity contribution in [1.82, 2.24) is 14.8 Å². The van der Waals surface area contributed by atoms with Crippen LogP contribution in [-0.2, 0) is 22.6 Å². The van der Waals surface area contributed by atoms with Crippen LogP contribution in [0.5, 0.6) is 5.75 Å². The number of aromatic nitrogens is 1. The monoisotopic (exact) mass is 447 g/mol. The van der Waals surface area contributed by atoms with Crippen LogP contribution >= 0.6 is 11.3 Å². The Kier molecular flexibility index (Phi) is 6.66. The van der Waals surface area contributed by atoms with E-state index >= 15 is 0 Å². The second-order valence-electron chi connectivity index (χ2n) is 7.39. The van der Waals surface area contributed by atoms with E-state index < -0.39 is 0 Å². The van der Waals surface area contributed by atoms with Gasteiger partial charge in [-0.1, -0.05) is 24.3 Å². The van der Waals surface area contributed by atoms with Crippen molar-refractivity contribution in [3.8, 4) is 5.75 Å². The normalized spacial score (nSPS) is 13.8. The summed E-state index contributed by atoms with van der Waals surface area (Å²) in [6, 6.07) is 15.2.